The van der Waals surface area contributed by atoms with Gasteiger partial charge >= 0.3 is 6.09 Å². The van der Waals surface area contributed by atoms with Crippen LogP contribution in [0.1, 0.15) is 39.0 Å². The van der Waals surface area contributed by atoms with Crippen LogP contribution in [0.4, 0.5) is 4.79 Å². The zero-order valence-electron chi connectivity index (χ0n) is 31.9. The van der Waals surface area contributed by atoms with Gasteiger partial charge in [-0.25, -0.2) is 4.79 Å². The molecular formula is C35H74N8O5. The van der Waals surface area contributed by atoms with Crippen LogP contribution in [-0.2, 0) is 19.0 Å². The molecule has 2 N–H and O–H groups in total. The van der Waals surface area contributed by atoms with Gasteiger partial charge in [0.05, 0.1) is 33.0 Å². The number of nitrogens with zero attached hydrogens (tertiary/aromatic N) is 6. The number of ether oxygens (including phenoxy) is 3. The first kappa shape index (κ1) is 46.2. The van der Waals surface area contributed by atoms with Gasteiger partial charge < -0.3 is 54.2 Å². The van der Waals surface area contributed by atoms with Crippen LogP contribution >= 0.6 is 0 Å². The summed E-state index contributed by atoms with van der Waals surface area (Å²) >= 11 is 0. The number of carbonyl (C=O) groups excluding carboxylic acids is 2. The van der Waals surface area contributed by atoms with Gasteiger partial charge in [0.1, 0.15) is 0 Å². The Morgan fingerprint density at radius 1 is 0.729 bits per heavy atom. The molecule has 1 aliphatic carbocycles. The number of morpholine rings is 2. The van der Waals surface area contributed by atoms with E-state index in [0.717, 1.165) is 84.6 Å². The second-order valence-electron chi connectivity index (χ2n) is 12.7. The number of hydrogen-bond donors (Lipinski definition) is 2. The first-order chi connectivity index (χ1) is 23.2. The minimum atomic E-state index is -0.175. The molecule has 284 valence electrons. The maximum absolute atomic E-state index is 11.2. The number of carbonyl (C=O) groups is 2. The third kappa shape index (κ3) is 27.0. The molecule has 4 aliphatic heterocycles. The molecule has 13 nitrogen and oxygen atoms in total. The molecule has 0 bridgehead atoms. The van der Waals surface area contributed by atoms with E-state index in [0.29, 0.717) is 19.8 Å². The van der Waals surface area contributed by atoms with Gasteiger partial charge in [0.25, 0.3) is 0 Å². The molecule has 4 saturated heterocycles. The second kappa shape index (κ2) is 32.4. The van der Waals surface area contributed by atoms with E-state index in [4.69, 9.17) is 14.2 Å². The van der Waals surface area contributed by atoms with Gasteiger partial charge in [-0.15, -0.1) is 6.58 Å². The van der Waals surface area contributed by atoms with Crippen molar-refractivity contribution in [3.8, 4) is 0 Å². The monoisotopic (exact) mass is 687 g/mol. The molecule has 5 rings (SSSR count). The van der Waals surface area contributed by atoms with Crippen molar-refractivity contribution in [3.63, 3.8) is 0 Å². The summed E-state index contributed by atoms with van der Waals surface area (Å²) < 4.78 is 15.0. The van der Waals surface area contributed by atoms with Crippen LogP contribution in [-0.4, -0.2) is 208 Å². The molecule has 1 saturated carbocycles. The topological polar surface area (TPSA) is 105 Å². The number of hydrogen-bond acceptors (Lipinski definition) is 11. The maximum atomic E-state index is 11.2. The quantitative estimate of drug-likeness (QED) is 0.326. The van der Waals surface area contributed by atoms with E-state index < -0.39 is 0 Å². The van der Waals surface area contributed by atoms with E-state index in [1.54, 1.807) is 9.80 Å². The number of rotatable bonds is 5. The van der Waals surface area contributed by atoms with Gasteiger partial charge in [-0.3, -0.25) is 4.79 Å². The molecule has 5 fully saturated rings. The summed E-state index contributed by atoms with van der Waals surface area (Å²) in [6.07, 6.45) is 9.63. The maximum Gasteiger partial charge on any atom is 0.409 e. The van der Waals surface area contributed by atoms with Crippen molar-refractivity contribution in [2.75, 3.05) is 160 Å². The Bertz CT molecular complexity index is 724. The average molecular weight is 687 g/mol. The molecule has 0 atom stereocenters. The summed E-state index contributed by atoms with van der Waals surface area (Å²) in [5.74, 6) is 0. The third-order valence-corrected chi connectivity index (χ3v) is 8.55. The fourth-order valence-electron chi connectivity index (χ4n) is 4.98. The van der Waals surface area contributed by atoms with E-state index in [-0.39, 0.29) is 6.09 Å². The highest BCUT2D eigenvalue weighted by molar-refractivity contribution is 5.67. The smallest absolute Gasteiger partial charge is 0.409 e. The van der Waals surface area contributed by atoms with Crippen LogP contribution in [0, 0.1) is 0 Å². The Morgan fingerprint density at radius 2 is 1.17 bits per heavy atom. The number of amides is 2. The summed E-state index contributed by atoms with van der Waals surface area (Å²) in [5, 5.41) is 6.20. The molecule has 48 heavy (non-hydrogen) atoms. The van der Waals surface area contributed by atoms with E-state index in [1.165, 1.54) is 58.3 Å². The number of nitrogens with one attached hydrogen (secondary N) is 2. The van der Waals surface area contributed by atoms with Crippen LogP contribution in [0.2, 0.25) is 0 Å². The third-order valence-electron chi connectivity index (χ3n) is 8.55. The zero-order valence-corrected chi connectivity index (χ0v) is 31.9. The van der Waals surface area contributed by atoms with Crippen LogP contribution in [0.15, 0.2) is 12.7 Å². The predicted molar refractivity (Wildman–Crippen MR) is 198 cm³/mol. The van der Waals surface area contributed by atoms with Crippen molar-refractivity contribution >= 4 is 12.5 Å². The zero-order chi connectivity index (χ0) is 35.8. The second-order valence-corrected chi connectivity index (χ2v) is 12.7. The fraction of sp³-hybridized carbons (Fsp3) is 0.886. The lowest BCUT2D eigenvalue weighted by Crippen LogP contribution is -2.47. The van der Waals surface area contributed by atoms with Crippen molar-refractivity contribution in [1.29, 1.82) is 0 Å². The van der Waals surface area contributed by atoms with Crippen LogP contribution in [0.3, 0.4) is 0 Å². The minimum absolute atomic E-state index is 0.175. The van der Waals surface area contributed by atoms with Crippen molar-refractivity contribution < 1.29 is 23.8 Å². The van der Waals surface area contributed by atoms with E-state index in [9.17, 15) is 9.59 Å². The van der Waals surface area contributed by atoms with Crippen LogP contribution in [0.5, 0.6) is 0 Å². The van der Waals surface area contributed by atoms with Crippen LogP contribution in [0.25, 0.3) is 0 Å². The SMILES string of the molecule is C=CCNC.CCOC(=O)N1CCN(C)CC1.CN1CCN(C)CC1.CN1CCOCC1.CNC1CCCCC1.O=CN1CCOCC1. The molecule has 2 amide bonds. The summed E-state index contributed by atoms with van der Waals surface area (Å²) in [6, 6.07) is 0.837. The van der Waals surface area contributed by atoms with Gasteiger partial charge in [0, 0.05) is 91.1 Å². The number of piperazine rings is 2. The molecule has 4 heterocycles. The molecule has 0 aromatic rings. The molecular weight excluding hydrogens is 612 g/mol. The Labute approximate surface area is 294 Å². The van der Waals surface area contributed by atoms with Gasteiger partial charge in [0.15, 0.2) is 0 Å². The van der Waals surface area contributed by atoms with E-state index in [2.05, 4.69) is 72.1 Å². The van der Waals surface area contributed by atoms with Crippen LogP contribution < -0.4 is 10.6 Å². The highest BCUT2D eigenvalue weighted by atomic mass is 16.6. The standard InChI is InChI=1S/C8H16N2O2.C7H15N.C6H14N2.C5H9NO2.C5H11NO.C4H9N/c1-3-12-8(11)10-6-4-9(2)5-7-10;1-8-7-5-3-2-4-6-7;1-7-3-5-8(2)6-4-7;7-5-6-1-3-8-4-2-6;1-6-2-4-7-5-3-6;1-3-4-5-2/h3-7H2,1-2H3;7-8H,2-6H2,1H3;3-6H2,1-2H3;5H,1-4H2;2-5H2,1H3;3,5H,1,4H2,2H3. The molecule has 0 unspecified atom stereocenters. The first-order valence-electron chi connectivity index (χ1n) is 18.1. The van der Waals surface area contributed by atoms with Gasteiger partial charge in [-0.05, 0) is 62.1 Å². The van der Waals surface area contributed by atoms with Gasteiger partial charge in [0.2, 0.25) is 6.41 Å². The largest absolute Gasteiger partial charge is 0.450 e. The lowest BCUT2D eigenvalue weighted by atomic mass is 9.96. The summed E-state index contributed by atoms with van der Waals surface area (Å²) in [6.45, 7) is 22.0. The minimum Gasteiger partial charge on any atom is -0.450 e. The molecule has 0 radical (unpaired) electrons. The van der Waals surface area contributed by atoms with Gasteiger partial charge in [-0.1, -0.05) is 25.3 Å². The highest BCUT2D eigenvalue weighted by Crippen LogP contribution is 2.16. The van der Waals surface area contributed by atoms with Crippen molar-refractivity contribution in [2.45, 2.75) is 45.1 Å². The summed E-state index contributed by atoms with van der Waals surface area (Å²) in [5.41, 5.74) is 0. The first-order valence-corrected chi connectivity index (χ1v) is 18.1. The van der Waals surface area contributed by atoms with Crippen molar-refractivity contribution in [2.24, 2.45) is 0 Å². The lowest BCUT2D eigenvalue weighted by Gasteiger charge is -2.31. The Kier molecular flexibility index (Phi) is 31.1. The summed E-state index contributed by atoms with van der Waals surface area (Å²) in [7, 11) is 12.5. The lowest BCUT2D eigenvalue weighted by molar-refractivity contribution is -0.121. The normalized spacial score (nSPS) is 21.1. The van der Waals surface area contributed by atoms with E-state index >= 15 is 0 Å². The Morgan fingerprint density at radius 3 is 1.46 bits per heavy atom. The molecule has 0 spiro atoms. The van der Waals surface area contributed by atoms with Crippen molar-refractivity contribution in [3.05, 3.63) is 12.7 Å². The Balaban J connectivity index is 0.000000563. The Hall–Kier alpha value is -1.84. The summed E-state index contributed by atoms with van der Waals surface area (Å²) in [4.78, 5) is 33.9. The van der Waals surface area contributed by atoms with E-state index in [1.807, 2.05) is 20.0 Å². The highest BCUT2D eigenvalue weighted by Gasteiger charge is 2.19. The van der Waals surface area contributed by atoms with Gasteiger partial charge in [-0.2, -0.15) is 0 Å². The van der Waals surface area contributed by atoms with Crippen molar-refractivity contribution in [1.82, 2.24) is 40.0 Å². The average Bonchev–Trinajstić information content (AvgIpc) is 3.13. The molecule has 5 aliphatic rings. The predicted octanol–water partition coefficient (Wildman–Crippen LogP) is 1.61. The fourth-order valence-corrected chi connectivity index (χ4v) is 4.98. The molecule has 0 aromatic heterocycles. The molecule has 13 heteroatoms. The number of likely N-dealkylation sites (N-methyl/N-ethyl adjacent to an activating group) is 5. The molecule has 0 aromatic carbocycles.